The molecule has 2 amide bonds. The van der Waals surface area contributed by atoms with Gasteiger partial charge in [0, 0.05) is 26.2 Å². The van der Waals surface area contributed by atoms with Gasteiger partial charge in [-0.25, -0.2) is 0 Å². The molecule has 0 N–H and O–H groups in total. The smallest absolute Gasteiger partial charge is 0.387 e. The van der Waals surface area contributed by atoms with Crippen LogP contribution in [-0.2, 0) is 11.3 Å². The fourth-order valence-corrected chi connectivity index (χ4v) is 2.67. The van der Waals surface area contributed by atoms with Crippen LogP contribution in [0.25, 0.3) is 0 Å². The highest BCUT2D eigenvalue weighted by atomic mass is 19.3. The molecule has 0 fully saturated rings. The molecule has 0 bridgehead atoms. The van der Waals surface area contributed by atoms with Crippen molar-refractivity contribution in [2.45, 2.75) is 20.1 Å². The Kier molecular flexibility index (Phi) is 7.94. The minimum absolute atomic E-state index is 0.0622. The molecule has 0 unspecified atom stereocenters. The van der Waals surface area contributed by atoms with E-state index in [2.05, 4.69) is 4.74 Å². The number of hydrogen-bond acceptors (Lipinski definition) is 4. The highest BCUT2D eigenvalue weighted by Crippen LogP contribution is 2.30. The van der Waals surface area contributed by atoms with Gasteiger partial charge in [0.05, 0.1) is 13.2 Å². The fraction of sp³-hybridized carbons (Fsp3) is 0.333. The number of rotatable bonds is 9. The highest BCUT2D eigenvalue weighted by Gasteiger charge is 2.18. The van der Waals surface area contributed by atoms with Gasteiger partial charge in [-0.2, -0.15) is 8.78 Å². The van der Waals surface area contributed by atoms with E-state index < -0.39 is 6.61 Å². The average Bonchev–Trinajstić information content (AvgIpc) is 2.69. The number of carbonyl (C=O) groups is 2. The summed E-state index contributed by atoms with van der Waals surface area (Å²) in [6.07, 6.45) is 0. The van der Waals surface area contributed by atoms with Gasteiger partial charge in [-0.3, -0.25) is 9.59 Å². The molecule has 2 aromatic rings. The molecular formula is C21H24F2N2O4. The first-order chi connectivity index (χ1) is 13.8. The summed E-state index contributed by atoms with van der Waals surface area (Å²) in [7, 11) is 3.16. The third-order valence-electron chi connectivity index (χ3n) is 4.11. The van der Waals surface area contributed by atoms with Gasteiger partial charge in [-0.1, -0.05) is 24.3 Å². The van der Waals surface area contributed by atoms with Gasteiger partial charge in [-0.15, -0.1) is 0 Å². The van der Waals surface area contributed by atoms with Crippen molar-refractivity contribution in [3.63, 3.8) is 0 Å². The molecule has 0 radical (unpaired) electrons. The lowest BCUT2D eigenvalue weighted by Gasteiger charge is -2.22. The summed E-state index contributed by atoms with van der Waals surface area (Å²) in [4.78, 5) is 27.7. The van der Waals surface area contributed by atoms with Crippen LogP contribution in [0.4, 0.5) is 8.78 Å². The number of amides is 2. The van der Waals surface area contributed by atoms with Gasteiger partial charge >= 0.3 is 6.61 Å². The summed E-state index contributed by atoms with van der Waals surface area (Å²) >= 11 is 0. The van der Waals surface area contributed by atoms with Gasteiger partial charge in [0.1, 0.15) is 0 Å². The molecule has 0 aliphatic carbocycles. The molecule has 156 valence electrons. The zero-order chi connectivity index (χ0) is 21.4. The van der Waals surface area contributed by atoms with Gasteiger partial charge in [-0.05, 0) is 36.8 Å². The molecule has 2 aromatic carbocycles. The van der Waals surface area contributed by atoms with Crippen LogP contribution in [0, 0.1) is 0 Å². The minimum atomic E-state index is -2.96. The van der Waals surface area contributed by atoms with Gasteiger partial charge in [0.15, 0.2) is 11.5 Å². The first-order valence-corrected chi connectivity index (χ1v) is 9.06. The summed E-state index contributed by atoms with van der Waals surface area (Å²) in [5, 5.41) is 0. The predicted molar refractivity (Wildman–Crippen MR) is 104 cm³/mol. The maximum Gasteiger partial charge on any atom is 0.387 e. The Hall–Kier alpha value is -3.16. The van der Waals surface area contributed by atoms with Crippen LogP contribution in [0.3, 0.4) is 0 Å². The van der Waals surface area contributed by atoms with Crippen molar-refractivity contribution in [3.05, 3.63) is 59.7 Å². The van der Waals surface area contributed by atoms with Crippen LogP contribution in [0.15, 0.2) is 48.5 Å². The van der Waals surface area contributed by atoms with E-state index in [4.69, 9.17) is 4.74 Å². The van der Waals surface area contributed by atoms with Gasteiger partial charge in [0.2, 0.25) is 5.91 Å². The number of alkyl halides is 2. The lowest BCUT2D eigenvalue weighted by molar-refractivity contribution is -0.130. The number of benzene rings is 2. The second kappa shape index (κ2) is 10.4. The normalized spacial score (nSPS) is 10.6. The van der Waals surface area contributed by atoms with E-state index in [1.807, 2.05) is 6.07 Å². The van der Waals surface area contributed by atoms with Crippen LogP contribution >= 0.6 is 0 Å². The van der Waals surface area contributed by atoms with E-state index in [0.717, 1.165) is 0 Å². The Morgan fingerprint density at radius 2 is 1.69 bits per heavy atom. The van der Waals surface area contributed by atoms with E-state index >= 15 is 0 Å². The molecule has 0 aliphatic rings. The average molecular weight is 406 g/mol. The number of hydrogen-bond donors (Lipinski definition) is 0. The highest BCUT2D eigenvalue weighted by molar-refractivity contribution is 5.96. The van der Waals surface area contributed by atoms with Crippen molar-refractivity contribution < 1.29 is 27.8 Å². The number of ether oxygens (including phenoxy) is 2. The molecule has 6 nitrogen and oxygen atoms in total. The van der Waals surface area contributed by atoms with Crippen molar-refractivity contribution in [2.75, 3.05) is 27.2 Å². The van der Waals surface area contributed by atoms with E-state index in [0.29, 0.717) is 11.1 Å². The maximum atomic E-state index is 12.5. The largest absolute Gasteiger partial charge is 0.490 e. The molecule has 8 heteroatoms. The third kappa shape index (κ3) is 6.44. The summed E-state index contributed by atoms with van der Waals surface area (Å²) in [5.41, 5.74) is 1.18. The molecule has 2 rings (SSSR count). The van der Waals surface area contributed by atoms with Crippen molar-refractivity contribution >= 4 is 11.8 Å². The summed E-state index contributed by atoms with van der Waals surface area (Å²) < 4.78 is 34.8. The fourth-order valence-electron chi connectivity index (χ4n) is 2.67. The van der Waals surface area contributed by atoms with E-state index in [-0.39, 0.29) is 43.0 Å². The van der Waals surface area contributed by atoms with E-state index in [1.165, 1.54) is 15.9 Å². The van der Waals surface area contributed by atoms with Crippen molar-refractivity contribution in [1.82, 2.24) is 9.80 Å². The topological polar surface area (TPSA) is 59.1 Å². The van der Waals surface area contributed by atoms with Gasteiger partial charge in [0.25, 0.3) is 5.91 Å². The van der Waals surface area contributed by atoms with Crippen LogP contribution in [0.2, 0.25) is 0 Å². The Balaban J connectivity index is 2.01. The molecule has 0 spiro atoms. The number of carbonyl (C=O) groups excluding carboxylic acids is 2. The molecule has 0 aliphatic heterocycles. The Labute approximate surface area is 168 Å². The molecular weight excluding hydrogens is 382 g/mol. The van der Waals surface area contributed by atoms with Crippen molar-refractivity contribution in [1.29, 1.82) is 0 Å². The lowest BCUT2D eigenvalue weighted by Crippen LogP contribution is -2.39. The maximum absolute atomic E-state index is 12.5. The third-order valence-corrected chi connectivity index (χ3v) is 4.11. The summed E-state index contributed by atoms with van der Waals surface area (Å²) in [6.45, 7) is -0.809. The van der Waals surface area contributed by atoms with E-state index in [1.54, 1.807) is 57.4 Å². The quantitative estimate of drug-likeness (QED) is 0.640. The zero-order valence-corrected chi connectivity index (χ0v) is 16.6. The zero-order valence-electron chi connectivity index (χ0n) is 16.6. The molecule has 0 saturated carbocycles. The van der Waals surface area contributed by atoms with E-state index in [9.17, 15) is 18.4 Å². The minimum Gasteiger partial charge on any atom is -0.490 e. The first kappa shape index (κ1) is 22.1. The second-order valence-electron chi connectivity index (χ2n) is 6.37. The van der Waals surface area contributed by atoms with Crippen molar-refractivity contribution in [2.24, 2.45) is 0 Å². The first-order valence-electron chi connectivity index (χ1n) is 9.06. The molecule has 0 saturated heterocycles. The second-order valence-corrected chi connectivity index (χ2v) is 6.37. The van der Waals surface area contributed by atoms with Crippen LogP contribution < -0.4 is 9.47 Å². The van der Waals surface area contributed by atoms with Crippen LogP contribution in [0.5, 0.6) is 11.5 Å². The number of nitrogens with zero attached hydrogens (tertiary/aromatic N) is 2. The molecule has 0 atom stereocenters. The molecule has 29 heavy (non-hydrogen) atoms. The Morgan fingerprint density at radius 1 is 1.00 bits per heavy atom. The number of likely N-dealkylation sites (N-methyl/N-ethyl adjacent to an activating group) is 2. The standard InChI is InChI=1S/C21H24F2N2O4/c1-4-28-18-12-15(10-11-17(18)29-21(22)23)13-24(2)19(26)14-25(3)20(27)16-8-6-5-7-9-16/h5-12,21H,4,13-14H2,1-3H3. The van der Waals surface area contributed by atoms with Crippen LogP contribution in [-0.4, -0.2) is 55.5 Å². The Bertz CT molecular complexity index is 831. The van der Waals surface area contributed by atoms with Gasteiger partial charge < -0.3 is 19.3 Å². The monoisotopic (exact) mass is 406 g/mol. The lowest BCUT2D eigenvalue weighted by atomic mass is 10.2. The predicted octanol–water partition coefficient (Wildman–Crippen LogP) is 3.42. The summed E-state index contributed by atoms with van der Waals surface area (Å²) in [6, 6.07) is 13.2. The SMILES string of the molecule is CCOc1cc(CN(C)C(=O)CN(C)C(=O)c2ccccc2)ccc1OC(F)F. The van der Waals surface area contributed by atoms with Crippen molar-refractivity contribution in [3.8, 4) is 11.5 Å². The number of halogens is 2. The molecule has 0 aromatic heterocycles. The Morgan fingerprint density at radius 3 is 2.31 bits per heavy atom. The molecule has 0 heterocycles. The summed E-state index contributed by atoms with van der Waals surface area (Å²) in [5.74, 6) is -0.391. The van der Waals surface area contributed by atoms with Crippen LogP contribution in [0.1, 0.15) is 22.8 Å².